The third kappa shape index (κ3) is 3.15. The van der Waals surface area contributed by atoms with E-state index in [-0.39, 0.29) is 23.6 Å². The average Bonchev–Trinajstić information content (AvgIpc) is 2.38. The van der Waals surface area contributed by atoms with Crippen molar-refractivity contribution in [1.29, 1.82) is 0 Å². The Kier molecular flexibility index (Phi) is 4.71. The molecule has 3 N–H and O–H groups in total. The number of hydrogen-bond acceptors (Lipinski definition) is 4. The first-order chi connectivity index (χ1) is 9.42. The fourth-order valence-corrected chi connectivity index (χ4v) is 3.57. The monoisotopic (exact) mass is 318 g/mol. The van der Waals surface area contributed by atoms with E-state index in [1.54, 1.807) is 13.2 Å². The van der Waals surface area contributed by atoms with Gasteiger partial charge in [-0.15, -0.1) is 0 Å². The van der Waals surface area contributed by atoms with Crippen molar-refractivity contribution < 1.29 is 13.2 Å². The number of rotatable bonds is 6. The Morgan fingerprint density at radius 2 is 2.15 bits per heavy atom. The van der Waals surface area contributed by atoms with Crippen LogP contribution in [0.2, 0.25) is 5.02 Å². The minimum Gasteiger partial charge on any atom is -0.377 e. The molecule has 1 aromatic rings. The molecule has 20 heavy (non-hydrogen) atoms. The lowest BCUT2D eigenvalue weighted by Crippen LogP contribution is -2.49. The first kappa shape index (κ1) is 15.7. The molecule has 0 aliphatic heterocycles. The van der Waals surface area contributed by atoms with Gasteiger partial charge in [0.2, 0.25) is 10.0 Å². The van der Waals surface area contributed by atoms with Crippen molar-refractivity contribution in [1.82, 2.24) is 4.72 Å². The summed E-state index contributed by atoms with van der Waals surface area (Å²) in [7, 11) is -1.96. The second kappa shape index (κ2) is 5.99. The quantitative estimate of drug-likeness (QED) is 0.835. The Bertz CT molecular complexity index is 580. The average molecular weight is 319 g/mol. The highest BCUT2D eigenvalue weighted by atomic mass is 35.5. The fraction of sp³-hybridized carbons (Fsp3) is 0.538. The lowest BCUT2D eigenvalue weighted by Gasteiger charge is -2.40. The molecule has 7 heteroatoms. The molecule has 0 aromatic heterocycles. The van der Waals surface area contributed by atoms with Crippen LogP contribution in [0.15, 0.2) is 23.1 Å². The summed E-state index contributed by atoms with van der Waals surface area (Å²) in [5, 5.41) is 0.471. The fourth-order valence-electron chi connectivity index (χ4n) is 2.21. The van der Waals surface area contributed by atoms with Gasteiger partial charge in [-0.25, -0.2) is 13.1 Å². The van der Waals surface area contributed by atoms with Crippen LogP contribution in [0.25, 0.3) is 0 Å². The van der Waals surface area contributed by atoms with E-state index in [9.17, 15) is 8.42 Å². The van der Waals surface area contributed by atoms with E-state index in [4.69, 9.17) is 22.1 Å². The molecule has 0 spiro atoms. The van der Waals surface area contributed by atoms with Crippen molar-refractivity contribution in [3.05, 3.63) is 28.8 Å². The first-order valence-electron chi connectivity index (χ1n) is 6.46. The zero-order valence-corrected chi connectivity index (χ0v) is 12.9. The molecule has 1 fully saturated rings. The van der Waals surface area contributed by atoms with Gasteiger partial charge >= 0.3 is 0 Å². The summed E-state index contributed by atoms with van der Waals surface area (Å²) in [6.07, 6.45) is 2.81. The summed E-state index contributed by atoms with van der Waals surface area (Å²) in [4.78, 5) is 0.174. The topological polar surface area (TPSA) is 81.4 Å². The molecule has 1 aliphatic carbocycles. The molecule has 0 atom stereocenters. The first-order valence-corrected chi connectivity index (χ1v) is 8.32. The molecular weight excluding hydrogens is 300 g/mol. The van der Waals surface area contributed by atoms with Gasteiger partial charge in [0.15, 0.2) is 0 Å². The van der Waals surface area contributed by atoms with Crippen LogP contribution in [0.5, 0.6) is 0 Å². The Balaban J connectivity index is 2.14. The van der Waals surface area contributed by atoms with E-state index >= 15 is 0 Å². The van der Waals surface area contributed by atoms with Gasteiger partial charge in [-0.1, -0.05) is 11.6 Å². The molecule has 0 unspecified atom stereocenters. The predicted molar refractivity (Wildman–Crippen MR) is 78.1 cm³/mol. The maximum absolute atomic E-state index is 12.3. The maximum Gasteiger partial charge on any atom is 0.240 e. The maximum atomic E-state index is 12.3. The van der Waals surface area contributed by atoms with Crippen molar-refractivity contribution in [2.45, 2.75) is 36.3 Å². The number of halogens is 1. The number of ether oxygens (including phenoxy) is 1. The van der Waals surface area contributed by atoms with E-state index in [1.165, 1.54) is 12.1 Å². The largest absolute Gasteiger partial charge is 0.377 e. The van der Waals surface area contributed by atoms with Crippen molar-refractivity contribution >= 4 is 21.6 Å². The van der Waals surface area contributed by atoms with Gasteiger partial charge in [0, 0.05) is 25.2 Å². The summed E-state index contributed by atoms with van der Waals surface area (Å²) in [5.41, 5.74) is 5.80. The van der Waals surface area contributed by atoms with Gasteiger partial charge in [0.05, 0.1) is 10.5 Å². The van der Waals surface area contributed by atoms with Gasteiger partial charge in [-0.05, 0) is 43.0 Å². The van der Waals surface area contributed by atoms with E-state index < -0.39 is 10.0 Å². The zero-order valence-electron chi connectivity index (χ0n) is 11.4. The summed E-state index contributed by atoms with van der Waals surface area (Å²) >= 11 is 5.93. The highest BCUT2D eigenvalue weighted by Crippen LogP contribution is 2.34. The Hall–Kier alpha value is -0.660. The lowest BCUT2D eigenvalue weighted by molar-refractivity contribution is -0.0659. The Morgan fingerprint density at radius 3 is 2.65 bits per heavy atom. The summed E-state index contributed by atoms with van der Waals surface area (Å²) in [6.45, 7) is 0.483. The highest BCUT2D eigenvalue weighted by molar-refractivity contribution is 7.89. The summed E-state index contributed by atoms with van der Waals surface area (Å²) in [5.74, 6) is 0. The van der Waals surface area contributed by atoms with Crippen molar-refractivity contribution in [3.8, 4) is 0 Å². The normalized spacial score (nSPS) is 17.8. The second-order valence-corrected chi connectivity index (χ2v) is 7.20. The van der Waals surface area contributed by atoms with Crippen molar-refractivity contribution in [2.24, 2.45) is 5.73 Å². The highest BCUT2D eigenvalue weighted by Gasteiger charge is 2.38. The molecule has 0 heterocycles. The summed E-state index contributed by atoms with van der Waals surface area (Å²) in [6, 6.07) is 4.53. The van der Waals surface area contributed by atoms with Crippen LogP contribution < -0.4 is 10.5 Å². The third-order valence-electron chi connectivity index (χ3n) is 3.83. The van der Waals surface area contributed by atoms with Gasteiger partial charge in [-0.2, -0.15) is 0 Å². The molecule has 1 aromatic carbocycles. The standard InChI is InChI=1S/C13H19ClN2O3S/c1-19-13(5-2-6-13)9-16-20(17,18)11-3-4-12(14)10(7-11)8-15/h3-4,7,16H,2,5-6,8-9,15H2,1H3. The molecular formula is C13H19ClN2O3S. The van der Waals surface area contributed by atoms with Crippen LogP contribution in [0.4, 0.5) is 0 Å². The SMILES string of the molecule is COC1(CNS(=O)(=O)c2ccc(Cl)c(CN)c2)CCC1. The van der Waals surface area contributed by atoms with Crippen LogP contribution in [0.1, 0.15) is 24.8 Å². The molecule has 0 saturated heterocycles. The van der Waals surface area contributed by atoms with E-state index in [2.05, 4.69) is 4.72 Å². The van der Waals surface area contributed by atoms with Crippen LogP contribution in [0, 0.1) is 0 Å². The number of hydrogen-bond donors (Lipinski definition) is 2. The van der Waals surface area contributed by atoms with E-state index in [0.717, 1.165) is 19.3 Å². The minimum atomic E-state index is -3.57. The number of sulfonamides is 1. The molecule has 1 aliphatic rings. The van der Waals surface area contributed by atoms with Crippen LogP contribution in [-0.4, -0.2) is 27.7 Å². The van der Waals surface area contributed by atoms with Crippen LogP contribution >= 0.6 is 11.6 Å². The smallest absolute Gasteiger partial charge is 0.240 e. The molecule has 1 saturated carbocycles. The van der Waals surface area contributed by atoms with Gasteiger partial charge < -0.3 is 10.5 Å². The number of methoxy groups -OCH3 is 1. The van der Waals surface area contributed by atoms with Crippen molar-refractivity contribution in [3.63, 3.8) is 0 Å². The second-order valence-electron chi connectivity index (χ2n) is 5.02. The molecule has 0 bridgehead atoms. The Labute approximate surface area is 124 Å². The minimum absolute atomic E-state index is 0.174. The van der Waals surface area contributed by atoms with Crippen LogP contribution in [0.3, 0.4) is 0 Å². The van der Waals surface area contributed by atoms with Gasteiger partial charge in [0.25, 0.3) is 0 Å². The van der Waals surface area contributed by atoms with Crippen LogP contribution in [-0.2, 0) is 21.3 Å². The lowest BCUT2D eigenvalue weighted by atomic mass is 9.80. The molecule has 112 valence electrons. The number of nitrogens with two attached hydrogens (primary N) is 1. The van der Waals surface area contributed by atoms with Gasteiger partial charge in [0.1, 0.15) is 0 Å². The third-order valence-corrected chi connectivity index (χ3v) is 5.60. The number of benzene rings is 1. The Morgan fingerprint density at radius 1 is 1.45 bits per heavy atom. The predicted octanol–water partition coefficient (Wildman–Crippen LogP) is 1.65. The number of nitrogens with one attached hydrogen (secondary N) is 1. The summed E-state index contributed by atoms with van der Waals surface area (Å²) < 4.78 is 32.5. The molecule has 2 rings (SSSR count). The van der Waals surface area contributed by atoms with E-state index in [0.29, 0.717) is 10.6 Å². The van der Waals surface area contributed by atoms with Gasteiger partial charge in [-0.3, -0.25) is 0 Å². The molecule has 0 radical (unpaired) electrons. The van der Waals surface area contributed by atoms with E-state index in [1.807, 2.05) is 0 Å². The molecule has 0 amide bonds. The van der Waals surface area contributed by atoms with Crippen molar-refractivity contribution in [2.75, 3.05) is 13.7 Å². The molecule has 5 nitrogen and oxygen atoms in total. The zero-order chi connectivity index (χ0) is 14.8.